The number of hydrogen-bond acceptors (Lipinski definition) is 3. The zero-order chi connectivity index (χ0) is 19.7. The lowest BCUT2D eigenvalue weighted by Crippen LogP contribution is -2.61. The van der Waals surface area contributed by atoms with Gasteiger partial charge in [-0.15, -0.1) is 0 Å². The number of nitrogens with zero attached hydrogens (tertiary/aromatic N) is 2. The first kappa shape index (κ1) is 19.9. The van der Waals surface area contributed by atoms with E-state index in [4.69, 9.17) is 4.74 Å². The molecule has 1 atom stereocenters. The Labute approximate surface area is 162 Å². The SMILES string of the molecule is COCCN1CCCC2(CCCN2C(=O)c2ccc(C(C)(C)C)cc2)C1=O. The van der Waals surface area contributed by atoms with Gasteiger partial charge < -0.3 is 14.5 Å². The first-order chi connectivity index (χ1) is 12.8. The molecule has 2 aliphatic rings. The molecule has 2 aliphatic heterocycles. The Morgan fingerprint density at radius 3 is 2.33 bits per heavy atom. The van der Waals surface area contributed by atoms with Crippen molar-refractivity contribution in [1.82, 2.24) is 9.80 Å². The smallest absolute Gasteiger partial charge is 0.254 e. The van der Waals surface area contributed by atoms with Crippen molar-refractivity contribution in [1.29, 1.82) is 0 Å². The van der Waals surface area contributed by atoms with Gasteiger partial charge in [0.15, 0.2) is 0 Å². The average Bonchev–Trinajstić information content (AvgIpc) is 3.06. The van der Waals surface area contributed by atoms with Gasteiger partial charge >= 0.3 is 0 Å². The van der Waals surface area contributed by atoms with Crippen LogP contribution in [-0.2, 0) is 14.9 Å². The summed E-state index contributed by atoms with van der Waals surface area (Å²) < 4.78 is 5.15. The topological polar surface area (TPSA) is 49.9 Å². The van der Waals surface area contributed by atoms with Gasteiger partial charge in [-0.3, -0.25) is 9.59 Å². The van der Waals surface area contributed by atoms with Gasteiger partial charge in [0.05, 0.1) is 6.61 Å². The van der Waals surface area contributed by atoms with Gasteiger partial charge in [0.1, 0.15) is 5.54 Å². The highest BCUT2D eigenvalue weighted by Crippen LogP contribution is 2.39. The van der Waals surface area contributed by atoms with E-state index in [1.54, 1.807) is 7.11 Å². The van der Waals surface area contributed by atoms with E-state index in [1.807, 2.05) is 34.1 Å². The van der Waals surface area contributed by atoms with Gasteiger partial charge in [-0.05, 0) is 48.8 Å². The fraction of sp³-hybridized carbons (Fsp3) is 0.636. The molecule has 1 aromatic rings. The summed E-state index contributed by atoms with van der Waals surface area (Å²) in [6.07, 6.45) is 3.35. The fourth-order valence-corrected chi connectivity index (χ4v) is 4.41. The Morgan fingerprint density at radius 1 is 1.11 bits per heavy atom. The van der Waals surface area contributed by atoms with Crippen LogP contribution >= 0.6 is 0 Å². The standard InChI is InChI=1S/C22H32N2O3/c1-21(2,3)18-9-7-17(8-10-18)19(25)24-14-6-12-22(24)11-5-13-23(20(22)26)15-16-27-4/h7-10H,5-6,11-16H2,1-4H3. The van der Waals surface area contributed by atoms with E-state index in [0.717, 1.165) is 32.2 Å². The van der Waals surface area contributed by atoms with E-state index in [1.165, 1.54) is 5.56 Å². The van der Waals surface area contributed by atoms with Gasteiger partial charge in [-0.1, -0.05) is 32.9 Å². The number of carbonyl (C=O) groups excluding carboxylic acids is 2. The summed E-state index contributed by atoms with van der Waals surface area (Å²) in [5.41, 5.74) is 1.27. The van der Waals surface area contributed by atoms with Crippen molar-refractivity contribution in [3.63, 3.8) is 0 Å². The second-order valence-corrected chi connectivity index (χ2v) is 8.81. The van der Waals surface area contributed by atoms with Crippen LogP contribution in [0.3, 0.4) is 0 Å². The molecule has 0 saturated carbocycles. The molecule has 5 nitrogen and oxygen atoms in total. The lowest BCUT2D eigenvalue weighted by Gasteiger charge is -2.44. The number of ether oxygens (including phenoxy) is 1. The number of amides is 2. The number of likely N-dealkylation sites (tertiary alicyclic amines) is 2. The highest BCUT2D eigenvalue weighted by molar-refractivity contribution is 6.00. The van der Waals surface area contributed by atoms with Crippen LogP contribution in [0.15, 0.2) is 24.3 Å². The van der Waals surface area contributed by atoms with E-state index in [2.05, 4.69) is 20.8 Å². The zero-order valence-electron chi connectivity index (χ0n) is 17.1. The summed E-state index contributed by atoms with van der Waals surface area (Å²) in [4.78, 5) is 30.3. The van der Waals surface area contributed by atoms with Crippen LogP contribution in [-0.4, -0.2) is 60.5 Å². The largest absolute Gasteiger partial charge is 0.383 e. The Hall–Kier alpha value is -1.88. The molecule has 1 unspecified atom stereocenters. The van der Waals surface area contributed by atoms with Crippen LogP contribution < -0.4 is 0 Å². The normalized spacial score (nSPS) is 23.3. The van der Waals surface area contributed by atoms with Crippen molar-refractivity contribution >= 4 is 11.8 Å². The summed E-state index contributed by atoms with van der Waals surface area (Å²) in [5.74, 6) is 0.0814. The van der Waals surface area contributed by atoms with Gasteiger partial charge in [-0.25, -0.2) is 0 Å². The third-order valence-electron chi connectivity index (χ3n) is 6.00. The summed E-state index contributed by atoms with van der Waals surface area (Å²) in [6, 6.07) is 7.88. The van der Waals surface area contributed by atoms with Crippen molar-refractivity contribution in [2.24, 2.45) is 0 Å². The molecule has 2 heterocycles. The van der Waals surface area contributed by atoms with Crippen LogP contribution in [0.4, 0.5) is 0 Å². The number of piperidine rings is 1. The maximum atomic E-state index is 13.3. The van der Waals surface area contributed by atoms with E-state index in [0.29, 0.717) is 25.3 Å². The van der Waals surface area contributed by atoms with Crippen LogP contribution in [0.1, 0.15) is 62.4 Å². The second kappa shape index (κ2) is 7.63. The maximum Gasteiger partial charge on any atom is 0.254 e. The molecule has 5 heteroatoms. The van der Waals surface area contributed by atoms with Crippen LogP contribution in [0, 0.1) is 0 Å². The van der Waals surface area contributed by atoms with Gasteiger partial charge in [-0.2, -0.15) is 0 Å². The minimum Gasteiger partial charge on any atom is -0.383 e. The van der Waals surface area contributed by atoms with Crippen molar-refractivity contribution in [3.05, 3.63) is 35.4 Å². The number of rotatable bonds is 4. The molecule has 0 radical (unpaired) electrons. The number of methoxy groups -OCH3 is 1. The third-order valence-corrected chi connectivity index (χ3v) is 6.00. The quantitative estimate of drug-likeness (QED) is 0.815. The Kier molecular flexibility index (Phi) is 5.61. The molecule has 0 aliphatic carbocycles. The molecule has 27 heavy (non-hydrogen) atoms. The lowest BCUT2D eigenvalue weighted by molar-refractivity contribution is -0.146. The van der Waals surface area contributed by atoms with Crippen molar-refractivity contribution < 1.29 is 14.3 Å². The molecule has 2 saturated heterocycles. The maximum absolute atomic E-state index is 13.3. The summed E-state index contributed by atoms with van der Waals surface area (Å²) >= 11 is 0. The molecule has 3 rings (SSSR count). The van der Waals surface area contributed by atoms with Crippen LogP contribution in [0.5, 0.6) is 0 Å². The Morgan fingerprint density at radius 2 is 1.74 bits per heavy atom. The van der Waals surface area contributed by atoms with Crippen LogP contribution in [0.2, 0.25) is 0 Å². The van der Waals surface area contributed by atoms with Crippen molar-refractivity contribution in [3.8, 4) is 0 Å². The van der Waals surface area contributed by atoms with Crippen LogP contribution in [0.25, 0.3) is 0 Å². The second-order valence-electron chi connectivity index (χ2n) is 8.81. The minimum atomic E-state index is -0.661. The zero-order valence-corrected chi connectivity index (χ0v) is 17.1. The Bertz CT molecular complexity index is 693. The van der Waals surface area contributed by atoms with Gasteiger partial charge in [0, 0.05) is 32.3 Å². The number of hydrogen-bond donors (Lipinski definition) is 0. The molecule has 1 aromatic carbocycles. The highest BCUT2D eigenvalue weighted by Gasteiger charge is 2.52. The van der Waals surface area contributed by atoms with Gasteiger partial charge in [0.25, 0.3) is 5.91 Å². The molecular weight excluding hydrogens is 340 g/mol. The first-order valence-corrected chi connectivity index (χ1v) is 10.0. The van der Waals surface area contributed by atoms with E-state index in [9.17, 15) is 9.59 Å². The molecular formula is C22H32N2O3. The molecule has 0 N–H and O–H groups in total. The molecule has 148 valence electrons. The molecule has 0 bridgehead atoms. The number of carbonyl (C=O) groups is 2. The van der Waals surface area contributed by atoms with Gasteiger partial charge in [0.2, 0.25) is 5.91 Å². The van der Waals surface area contributed by atoms with E-state index >= 15 is 0 Å². The molecule has 2 amide bonds. The predicted molar refractivity (Wildman–Crippen MR) is 106 cm³/mol. The van der Waals surface area contributed by atoms with E-state index < -0.39 is 5.54 Å². The average molecular weight is 373 g/mol. The fourth-order valence-electron chi connectivity index (χ4n) is 4.41. The lowest BCUT2D eigenvalue weighted by atomic mass is 9.84. The summed E-state index contributed by atoms with van der Waals surface area (Å²) in [5, 5.41) is 0. The van der Waals surface area contributed by atoms with Crippen molar-refractivity contribution in [2.45, 2.75) is 57.4 Å². The first-order valence-electron chi connectivity index (χ1n) is 10.0. The predicted octanol–water partition coefficient (Wildman–Crippen LogP) is 3.23. The molecule has 2 fully saturated rings. The monoisotopic (exact) mass is 372 g/mol. The third kappa shape index (κ3) is 3.75. The van der Waals surface area contributed by atoms with E-state index in [-0.39, 0.29) is 17.2 Å². The molecule has 1 spiro atoms. The summed E-state index contributed by atoms with van der Waals surface area (Å²) in [7, 11) is 1.65. The highest BCUT2D eigenvalue weighted by atomic mass is 16.5. The Balaban J connectivity index is 1.82. The molecule has 0 aromatic heterocycles. The minimum absolute atomic E-state index is 0.0186. The number of benzene rings is 1. The van der Waals surface area contributed by atoms with Crippen molar-refractivity contribution in [2.75, 3.05) is 33.4 Å². The summed E-state index contributed by atoms with van der Waals surface area (Å²) in [6.45, 7) is 9.02.